The minimum Gasteiger partial charge on any atom is -0.456 e. The summed E-state index contributed by atoms with van der Waals surface area (Å²) in [7, 11) is 0. The molecule has 0 aliphatic carbocycles. The van der Waals surface area contributed by atoms with Crippen LogP contribution in [0.3, 0.4) is 0 Å². The summed E-state index contributed by atoms with van der Waals surface area (Å²) in [4.78, 5) is 2.44. The number of furan rings is 2. The molecular formula is C60H37NO2S. The van der Waals surface area contributed by atoms with Crippen molar-refractivity contribution in [2.45, 2.75) is 0 Å². The van der Waals surface area contributed by atoms with Crippen molar-refractivity contribution in [3.05, 3.63) is 224 Å². The molecule has 10 aromatic carbocycles. The van der Waals surface area contributed by atoms with Crippen molar-refractivity contribution in [2.24, 2.45) is 0 Å². The van der Waals surface area contributed by atoms with Crippen LogP contribution < -0.4 is 4.90 Å². The van der Waals surface area contributed by atoms with Crippen molar-refractivity contribution in [3.8, 4) is 44.5 Å². The maximum atomic E-state index is 6.94. The minimum absolute atomic E-state index is 0.842. The van der Waals surface area contributed by atoms with Gasteiger partial charge in [0.05, 0.1) is 5.69 Å². The molecule has 13 rings (SSSR count). The summed E-state index contributed by atoms with van der Waals surface area (Å²) in [6.07, 6.45) is 0. The summed E-state index contributed by atoms with van der Waals surface area (Å²) in [6, 6.07) is 80.3. The second-order valence-electron chi connectivity index (χ2n) is 16.4. The Kier molecular flexibility index (Phi) is 8.40. The first-order valence-electron chi connectivity index (χ1n) is 21.7. The molecule has 0 bridgehead atoms. The van der Waals surface area contributed by atoms with E-state index in [9.17, 15) is 0 Å². The first-order chi connectivity index (χ1) is 31.7. The molecule has 0 unspecified atom stereocenters. The highest BCUT2D eigenvalue weighted by molar-refractivity contribution is 7.26. The van der Waals surface area contributed by atoms with Gasteiger partial charge in [0.2, 0.25) is 0 Å². The van der Waals surface area contributed by atoms with Crippen LogP contribution in [0.4, 0.5) is 17.1 Å². The molecule has 0 saturated heterocycles. The van der Waals surface area contributed by atoms with Gasteiger partial charge >= 0.3 is 0 Å². The zero-order valence-corrected chi connectivity index (χ0v) is 35.4. The highest BCUT2D eigenvalue weighted by Gasteiger charge is 2.25. The molecule has 0 radical (unpaired) electrons. The number of nitrogens with zero attached hydrogens (tertiary/aromatic N) is 1. The van der Waals surface area contributed by atoms with Gasteiger partial charge in [-0.15, -0.1) is 11.3 Å². The van der Waals surface area contributed by atoms with Gasteiger partial charge in [-0.1, -0.05) is 164 Å². The molecule has 300 valence electrons. The smallest absolute Gasteiger partial charge is 0.143 e. The fourth-order valence-corrected chi connectivity index (χ4v) is 11.0. The van der Waals surface area contributed by atoms with Crippen molar-refractivity contribution in [1.82, 2.24) is 0 Å². The van der Waals surface area contributed by atoms with Crippen LogP contribution in [0.1, 0.15) is 0 Å². The molecule has 4 heteroatoms. The Morgan fingerprint density at radius 1 is 0.328 bits per heavy atom. The van der Waals surface area contributed by atoms with E-state index in [-0.39, 0.29) is 0 Å². The van der Waals surface area contributed by atoms with Gasteiger partial charge in [-0.25, -0.2) is 0 Å². The molecule has 0 fully saturated rings. The fourth-order valence-electron chi connectivity index (χ4n) is 9.69. The lowest BCUT2D eigenvalue weighted by atomic mass is 9.94. The minimum atomic E-state index is 0.842. The van der Waals surface area contributed by atoms with Gasteiger partial charge in [0.25, 0.3) is 0 Å². The van der Waals surface area contributed by atoms with Crippen LogP contribution in [0, 0.1) is 0 Å². The Labute approximate surface area is 373 Å². The van der Waals surface area contributed by atoms with E-state index in [1.54, 1.807) is 0 Å². The highest BCUT2D eigenvalue weighted by atomic mass is 32.1. The van der Waals surface area contributed by atoms with Crippen molar-refractivity contribution < 1.29 is 8.83 Å². The second kappa shape index (κ2) is 14.7. The normalized spacial score (nSPS) is 11.8. The lowest BCUT2D eigenvalue weighted by Gasteiger charge is -2.27. The van der Waals surface area contributed by atoms with Gasteiger partial charge in [-0.3, -0.25) is 0 Å². The lowest BCUT2D eigenvalue weighted by Crippen LogP contribution is -2.10. The first-order valence-corrected chi connectivity index (χ1v) is 22.5. The molecule has 3 nitrogen and oxygen atoms in total. The summed E-state index contributed by atoms with van der Waals surface area (Å²) in [5, 5.41) is 6.76. The van der Waals surface area contributed by atoms with E-state index >= 15 is 0 Å². The van der Waals surface area contributed by atoms with Crippen molar-refractivity contribution in [3.63, 3.8) is 0 Å². The van der Waals surface area contributed by atoms with Gasteiger partial charge in [-0.2, -0.15) is 0 Å². The van der Waals surface area contributed by atoms with Crippen LogP contribution in [0.2, 0.25) is 0 Å². The number of fused-ring (bicyclic) bond motifs is 9. The van der Waals surface area contributed by atoms with Crippen LogP contribution in [-0.4, -0.2) is 0 Å². The Hall–Kier alpha value is -8.18. The maximum Gasteiger partial charge on any atom is 0.143 e. The third-order valence-electron chi connectivity index (χ3n) is 12.7. The van der Waals surface area contributed by atoms with E-state index in [1.807, 2.05) is 23.5 Å². The van der Waals surface area contributed by atoms with E-state index in [4.69, 9.17) is 8.83 Å². The number of hydrogen-bond acceptors (Lipinski definition) is 4. The van der Waals surface area contributed by atoms with E-state index in [0.717, 1.165) is 83.2 Å². The van der Waals surface area contributed by atoms with Crippen LogP contribution in [0.15, 0.2) is 233 Å². The number of anilines is 3. The van der Waals surface area contributed by atoms with E-state index < -0.39 is 0 Å². The highest BCUT2D eigenvalue weighted by Crippen LogP contribution is 2.51. The molecular weight excluding hydrogens is 799 g/mol. The number of hydrogen-bond donors (Lipinski definition) is 0. The van der Waals surface area contributed by atoms with Crippen LogP contribution in [0.25, 0.3) is 109 Å². The zero-order valence-electron chi connectivity index (χ0n) is 34.5. The summed E-state index contributed by atoms with van der Waals surface area (Å²) in [5.41, 5.74) is 15.9. The Morgan fingerprint density at radius 2 is 0.875 bits per heavy atom. The molecule has 13 aromatic rings. The van der Waals surface area contributed by atoms with E-state index in [2.05, 4.69) is 217 Å². The molecule has 0 atom stereocenters. The Balaban J connectivity index is 1.11. The maximum absolute atomic E-state index is 6.94. The largest absolute Gasteiger partial charge is 0.456 e. The predicted molar refractivity (Wildman–Crippen MR) is 270 cm³/mol. The lowest BCUT2D eigenvalue weighted by molar-refractivity contribution is 0.669. The topological polar surface area (TPSA) is 29.5 Å². The van der Waals surface area contributed by atoms with E-state index in [0.29, 0.717) is 0 Å². The summed E-state index contributed by atoms with van der Waals surface area (Å²) < 4.78 is 15.8. The fraction of sp³-hybridized carbons (Fsp3) is 0. The number of rotatable bonds is 7. The van der Waals surface area contributed by atoms with Crippen molar-refractivity contribution in [1.29, 1.82) is 0 Å². The molecule has 3 aromatic heterocycles. The molecule has 0 spiro atoms. The second-order valence-corrected chi connectivity index (χ2v) is 17.4. The summed E-state index contributed by atoms with van der Waals surface area (Å²) in [6.45, 7) is 0. The number of benzene rings is 10. The Morgan fingerprint density at radius 3 is 1.58 bits per heavy atom. The zero-order chi connectivity index (χ0) is 42.1. The average Bonchev–Trinajstić information content (AvgIpc) is 4.06. The third-order valence-corrected chi connectivity index (χ3v) is 13.9. The Bertz CT molecular complexity index is 3890. The van der Waals surface area contributed by atoms with Crippen LogP contribution in [0.5, 0.6) is 0 Å². The molecule has 0 N–H and O–H groups in total. The summed E-state index contributed by atoms with van der Waals surface area (Å²) in [5.74, 6) is 0. The first kappa shape index (κ1) is 36.5. The SMILES string of the molecule is c1ccc(-c2ccc3c(c2)sc2c(-c4ccccc4)ccc(N(c4ccc5oc6ccccc6c5c4)c4ccc5oc6c(-c7ccccc7)ccc(-c7ccccc7)c6c5c4)c23)cc1. The standard InChI is InChI=1S/C60H37NO2S/c1-5-15-38(16-6-1)42-25-28-49-56(35-42)64-60-47(41-21-11-4-12-22-41)31-32-52(58(49)60)61(43-26-33-54-50(36-43)48-23-13-14-24-53(48)62-54)44-27-34-55-51(37-44)57-45(39-17-7-2-8-18-39)29-30-46(59(57)63-55)40-19-9-3-10-20-40/h1-37H. The van der Waals surface area contributed by atoms with Crippen LogP contribution in [-0.2, 0) is 0 Å². The monoisotopic (exact) mass is 835 g/mol. The van der Waals surface area contributed by atoms with Crippen molar-refractivity contribution >= 4 is 92.4 Å². The number of para-hydroxylation sites is 1. The number of thiophene rings is 1. The molecule has 0 saturated carbocycles. The third kappa shape index (κ3) is 5.88. The molecule has 3 heterocycles. The summed E-state index contributed by atoms with van der Waals surface area (Å²) >= 11 is 1.87. The van der Waals surface area contributed by atoms with Gasteiger partial charge in [0.15, 0.2) is 0 Å². The quantitative estimate of drug-likeness (QED) is 0.160. The van der Waals surface area contributed by atoms with Gasteiger partial charge in [-0.05, 0) is 99.6 Å². The molecule has 0 aliphatic heterocycles. The average molecular weight is 836 g/mol. The van der Waals surface area contributed by atoms with Gasteiger partial charge < -0.3 is 13.7 Å². The molecule has 0 aliphatic rings. The molecule has 64 heavy (non-hydrogen) atoms. The van der Waals surface area contributed by atoms with Crippen molar-refractivity contribution in [2.75, 3.05) is 4.90 Å². The predicted octanol–water partition coefficient (Wildman–Crippen LogP) is 18.0. The van der Waals surface area contributed by atoms with Crippen LogP contribution >= 0.6 is 11.3 Å². The molecule has 0 amide bonds. The van der Waals surface area contributed by atoms with Gasteiger partial charge in [0.1, 0.15) is 22.3 Å². The van der Waals surface area contributed by atoms with Gasteiger partial charge in [0, 0.05) is 58.7 Å². The van der Waals surface area contributed by atoms with E-state index in [1.165, 1.54) is 42.4 Å².